The number of nitrogens with zero attached hydrogens (tertiary/aromatic N) is 9. The first-order valence-corrected chi connectivity index (χ1v) is 28.8. The van der Waals surface area contributed by atoms with E-state index >= 15 is 0 Å². The summed E-state index contributed by atoms with van der Waals surface area (Å²) in [4.78, 5) is 59.8. The van der Waals surface area contributed by atoms with E-state index in [1.54, 1.807) is 13.9 Å². The highest BCUT2D eigenvalue weighted by atomic mass is 16.6. The number of carbonyl (C=O) groups is 3. The zero-order chi connectivity index (χ0) is 55.5. The fourth-order valence-electron chi connectivity index (χ4n) is 10.7. The molecule has 6 aromatic rings. The van der Waals surface area contributed by atoms with Crippen molar-refractivity contribution in [3.8, 4) is 0 Å². The van der Waals surface area contributed by atoms with Crippen molar-refractivity contribution in [2.45, 2.75) is 180 Å². The van der Waals surface area contributed by atoms with E-state index in [1.165, 1.54) is 0 Å². The second-order valence-corrected chi connectivity index (χ2v) is 23.2. The van der Waals surface area contributed by atoms with E-state index in [-0.39, 0.29) is 42.0 Å². The average Bonchev–Trinajstić information content (AvgIpc) is 4.25. The zero-order valence-electron chi connectivity index (χ0n) is 47.4. The number of anilines is 4. The van der Waals surface area contributed by atoms with Gasteiger partial charge in [-0.2, -0.15) is 39.2 Å². The van der Waals surface area contributed by atoms with Crippen LogP contribution in [0.5, 0.6) is 0 Å². The van der Waals surface area contributed by atoms with Crippen molar-refractivity contribution in [3.63, 3.8) is 0 Å². The summed E-state index contributed by atoms with van der Waals surface area (Å²) in [5, 5.41) is 26.3. The lowest BCUT2D eigenvalue weighted by Gasteiger charge is -2.36. The predicted octanol–water partition coefficient (Wildman–Crippen LogP) is 9.06. The monoisotopic (exact) mass is 1080 g/mol. The molecule has 10 rings (SSSR count). The summed E-state index contributed by atoms with van der Waals surface area (Å²) in [5.74, 6) is 3.23. The molecule has 4 aromatic heterocycles. The smallest absolute Gasteiger partial charge is 0.410 e. The number of ketones is 2. The van der Waals surface area contributed by atoms with Crippen molar-refractivity contribution in [1.82, 2.24) is 49.4 Å². The normalized spacial score (nSPS) is 19.9. The van der Waals surface area contributed by atoms with E-state index in [2.05, 4.69) is 76.6 Å². The molecule has 5 N–H and O–H groups in total. The number of hydrogen-bond donors (Lipinski definition) is 5. The number of Topliss-reactive ketones (excluding diaryl/α,β-unsaturated/α-hetero) is 2. The molecule has 79 heavy (non-hydrogen) atoms. The van der Waals surface area contributed by atoms with E-state index in [4.69, 9.17) is 34.1 Å². The third-order valence-corrected chi connectivity index (χ3v) is 14.9. The van der Waals surface area contributed by atoms with Gasteiger partial charge in [-0.25, -0.2) is 4.79 Å². The fourth-order valence-corrected chi connectivity index (χ4v) is 10.7. The molecule has 4 aliphatic rings. The Morgan fingerprint density at radius 1 is 0.658 bits per heavy atom. The molecule has 424 valence electrons. The van der Waals surface area contributed by atoms with Gasteiger partial charge in [0, 0.05) is 56.8 Å². The minimum atomic E-state index is -0.605. The van der Waals surface area contributed by atoms with Gasteiger partial charge in [-0.1, -0.05) is 82.6 Å². The maximum Gasteiger partial charge on any atom is 0.410 e. The molecule has 4 aliphatic heterocycles. The molecule has 2 unspecified atom stereocenters. The van der Waals surface area contributed by atoms with Crippen LogP contribution in [0.15, 0.2) is 60.9 Å². The summed E-state index contributed by atoms with van der Waals surface area (Å²) in [7, 11) is 0. The molecule has 0 saturated carbocycles. The SMILES string of the molecule is CC(C)c1cnn2c(NCc3cccc(CC(=O)C4CCCCN4)c3)nc(N[C@H]3CCCOC3)nc12.CC(C)c1cnn2c(NCc3cccc(CC(=O)C4CCCCN4C(=O)OC(C)(C)C)c3)nc(N[C@H]3CCCOC3)nc12. The molecule has 4 saturated heterocycles. The Morgan fingerprint density at radius 2 is 1.18 bits per heavy atom. The van der Waals surface area contributed by atoms with Gasteiger partial charge in [0.1, 0.15) is 5.60 Å². The Kier molecular flexibility index (Phi) is 19.1. The second-order valence-electron chi connectivity index (χ2n) is 23.2. The van der Waals surface area contributed by atoms with Crippen LogP contribution < -0.4 is 26.6 Å². The van der Waals surface area contributed by atoms with Crippen molar-refractivity contribution in [1.29, 1.82) is 0 Å². The number of aromatic nitrogens is 8. The van der Waals surface area contributed by atoms with Crippen LogP contribution in [-0.2, 0) is 49.7 Å². The highest BCUT2D eigenvalue weighted by molar-refractivity contribution is 5.89. The molecule has 0 radical (unpaired) electrons. The molecule has 2 aromatic carbocycles. The Balaban J connectivity index is 0.000000195. The summed E-state index contributed by atoms with van der Waals surface area (Å²) >= 11 is 0. The van der Waals surface area contributed by atoms with Gasteiger partial charge >= 0.3 is 6.09 Å². The van der Waals surface area contributed by atoms with Gasteiger partial charge in [-0.05, 0) is 119 Å². The third-order valence-electron chi connectivity index (χ3n) is 14.9. The van der Waals surface area contributed by atoms with Crippen LogP contribution in [0.2, 0.25) is 0 Å². The van der Waals surface area contributed by atoms with Crippen LogP contribution in [0.3, 0.4) is 0 Å². The van der Waals surface area contributed by atoms with Crippen LogP contribution in [-0.4, -0.2) is 131 Å². The first-order chi connectivity index (χ1) is 38.1. The van der Waals surface area contributed by atoms with Crippen LogP contribution in [0.25, 0.3) is 11.3 Å². The maximum absolute atomic E-state index is 13.4. The van der Waals surface area contributed by atoms with E-state index in [0.717, 1.165) is 122 Å². The largest absolute Gasteiger partial charge is 0.444 e. The topological polar surface area (TPSA) is 228 Å². The lowest BCUT2D eigenvalue weighted by atomic mass is 9.94. The lowest BCUT2D eigenvalue weighted by Crippen LogP contribution is -2.50. The van der Waals surface area contributed by atoms with Crippen LogP contribution in [0.4, 0.5) is 28.6 Å². The third kappa shape index (κ3) is 15.3. The first kappa shape index (κ1) is 56.9. The van der Waals surface area contributed by atoms with Gasteiger partial charge in [0.05, 0.1) is 49.8 Å². The van der Waals surface area contributed by atoms with Crippen molar-refractivity contribution in [3.05, 3.63) is 94.3 Å². The number of hydrogen-bond acceptors (Lipinski definition) is 17. The number of amides is 1. The Labute approximate surface area is 464 Å². The molecule has 0 spiro atoms. The van der Waals surface area contributed by atoms with E-state index in [1.807, 2.05) is 69.6 Å². The molecule has 4 atom stereocenters. The number of likely N-dealkylation sites (tertiary alicyclic amines) is 1. The summed E-state index contributed by atoms with van der Waals surface area (Å²) in [6.07, 6.45) is 13.8. The molecular formula is C59H82N14O6. The molecule has 8 heterocycles. The zero-order valence-corrected chi connectivity index (χ0v) is 47.4. The second kappa shape index (κ2) is 26.5. The molecule has 20 nitrogen and oxygen atoms in total. The Hall–Kier alpha value is -6.77. The lowest BCUT2D eigenvalue weighted by molar-refractivity contribution is -0.124. The summed E-state index contributed by atoms with van der Waals surface area (Å²) < 4.78 is 20.4. The molecular weight excluding hydrogens is 1000 g/mol. The Bertz CT molecular complexity index is 3000. The number of ether oxygens (including phenoxy) is 3. The van der Waals surface area contributed by atoms with Crippen molar-refractivity contribution in [2.24, 2.45) is 0 Å². The van der Waals surface area contributed by atoms with Crippen molar-refractivity contribution >= 4 is 52.7 Å². The Morgan fingerprint density at radius 3 is 1.66 bits per heavy atom. The summed E-state index contributed by atoms with van der Waals surface area (Å²) in [6, 6.07) is 16.1. The van der Waals surface area contributed by atoms with Gasteiger partial charge in [-0.3, -0.25) is 14.5 Å². The summed E-state index contributed by atoms with van der Waals surface area (Å²) in [6.45, 7) is 19.5. The van der Waals surface area contributed by atoms with Gasteiger partial charge in [-0.15, -0.1) is 0 Å². The van der Waals surface area contributed by atoms with E-state index < -0.39 is 17.7 Å². The molecule has 1 amide bonds. The molecule has 20 heteroatoms. The van der Waals surface area contributed by atoms with Crippen LogP contribution in [0, 0.1) is 0 Å². The van der Waals surface area contributed by atoms with E-state index in [9.17, 15) is 14.4 Å². The maximum atomic E-state index is 13.4. The van der Waals surface area contributed by atoms with Crippen LogP contribution >= 0.6 is 0 Å². The quantitative estimate of drug-likeness (QED) is 0.0541. The average molecular weight is 1080 g/mol. The predicted molar refractivity (Wildman–Crippen MR) is 306 cm³/mol. The van der Waals surface area contributed by atoms with Gasteiger partial charge in [0.25, 0.3) is 0 Å². The van der Waals surface area contributed by atoms with Gasteiger partial charge < -0.3 is 40.8 Å². The number of nitrogens with one attached hydrogen (secondary N) is 5. The molecule has 0 bridgehead atoms. The number of fused-ring (bicyclic) bond motifs is 2. The number of carbonyl (C=O) groups excluding carboxylic acids is 3. The summed E-state index contributed by atoms with van der Waals surface area (Å²) in [5.41, 5.74) is 7.16. The molecule has 4 fully saturated rings. The highest BCUT2D eigenvalue weighted by Crippen LogP contribution is 2.27. The number of piperidine rings is 2. The highest BCUT2D eigenvalue weighted by Gasteiger charge is 2.35. The molecule has 0 aliphatic carbocycles. The minimum absolute atomic E-state index is 0.00899. The van der Waals surface area contributed by atoms with E-state index in [0.29, 0.717) is 75.4 Å². The minimum Gasteiger partial charge on any atom is -0.444 e. The number of benzene rings is 2. The van der Waals surface area contributed by atoms with Gasteiger partial charge in [0.2, 0.25) is 23.8 Å². The standard InChI is InChI=1S/C32H45N7O4.C27H37N7O2/c1-21(2)25-19-34-39-28(25)36-29(35-24-12-9-15-42-20-24)37-30(39)33-18-23-11-8-10-22(16-23)17-27(40)26-13-6-7-14-38(26)31(41)43-32(3,4)5;1-18(2)22-16-30-34-25(22)32-26(31-21-9-6-12-36-17-21)33-27(34)29-15-20-8-5-7-19(13-20)14-24(35)23-10-3-4-11-28-23/h8,10-11,16,19,21,24,26H,6-7,9,12-15,17-18,20H2,1-5H3,(H2,33,35,36,37);5,7-8,13,16,18,21,23,28H,3-4,6,9-12,14-15,17H2,1-2H3,(H2,29,31,32,33)/t24-,26?;21-,23?/m00/s1. The van der Waals surface area contributed by atoms with Crippen molar-refractivity contribution in [2.75, 3.05) is 60.8 Å². The van der Waals surface area contributed by atoms with Crippen molar-refractivity contribution < 1.29 is 28.6 Å². The van der Waals surface area contributed by atoms with Crippen LogP contribution in [0.1, 0.15) is 158 Å². The van der Waals surface area contributed by atoms with Gasteiger partial charge in [0.15, 0.2) is 22.9 Å². The number of rotatable bonds is 18. The first-order valence-electron chi connectivity index (χ1n) is 28.8. The fraction of sp³-hybridized carbons (Fsp3) is 0.576.